The monoisotopic (exact) mass is 407 g/mol. The van der Waals surface area contributed by atoms with Crippen LogP contribution < -0.4 is 10.6 Å². The highest BCUT2D eigenvalue weighted by Crippen LogP contribution is 2.28. The third-order valence-corrected chi connectivity index (χ3v) is 3.95. The summed E-state index contributed by atoms with van der Waals surface area (Å²) in [6.07, 6.45) is 1.58. The standard InChI is InChI=1S/C22H21N3O5/c1-14(2)24-22(28)25-19(26)13-29-21(27)17-11-7-6-10-16(17)20-23-12-18(30-20)15-8-4-3-5-9-15/h3-12,14H,13H2,1-2H3,(H2,24,25,26,28). The van der Waals surface area contributed by atoms with E-state index in [9.17, 15) is 14.4 Å². The van der Waals surface area contributed by atoms with Gasteiger partial charge in [-0.1, -0.05) is 42.5 Å². The lowest BCUT2D eigenvalue weighted by Crippen LogP contribution is -2.44. The number of amides is 3. The van der Waals surface area contributed by atoms with E-state index in [1.54, 1.807) is 44.3 Å². The minimum atomic E-state index is -0.735. The lowest BCUT2D eigenvalue weighted by Gasteiger charge is -2.10. The van der Waals surface area contributed by atoms with E-state index >= 15 is 0 Å². The number of ether oxygens (including phenoxy) is 1. The Hall–Kier alpha value is -3.94. The van der Waals surface area contributed by atoms with Crippen molar-refractivity contribution in [3.63, 3.8) is 0 Å². The second kappa shape index (κ2) is 9.51. The van der Waals surface area contributed by atoms with Gasteiger partial charge < -0.3 is 14.5 Å². The first-order valence-electron chi connectivity index (χ1n) is 9.32. The fourth-order valence-corrected chi connectivity index (χ4v) is 2.65. The van der Waals surface area contributed by atoms with Crippen LogP contribution in [-0.4, -0.2) is 35.5 Å². The second-order valence-corrected chi connectivity index (χ2v) is 6.69. The molecule has 0 radical (unpaired) electrons. The van der Waals surface area contributed by atoms with Crippen molar-refractivity contribution in [2.75, 3.05) is 6.61 Å². The van der Waals surface area contributed by atoms with Gasteiger partial charge in [0.05, 0.1) is 17.3 Å². The van der Waals surface area contributed by atoms with Crippen molar-refractivity contribution < 1.29 is 23.5 Å². The average molecular weight is 407 g/mol. The minimum Gasteiger partial charge on any atom is -0.452 e. The van der Waals surface area contributed by atoms with Crippen LogP contribution in [0.2, 0.25) is 0 Å². The van der Waals surface area contributed by atoms with Gasteiger partial charge in [-0.3, -0.25) is 10.1 Å². The molecule has 3 amide bonds. The number of hydrogen-bond donors (Lipinski definition) is 2. The van der Waals surface area contributed by atoms with Crippen molar-refractivity contribution in [3.8, 4) is 22.8 Å². The smallest absolute Gasteiger partial charge is 0.339 e. The van der Waals surface area contributed by atoms with E-state index in [1.807, 2.05) is 30.3 Å². The molecule has 3 aromatic rings. The third-order valence-electron chi connectivity index (χ3n) is 3.95. The molecule has 154 valence electrons. The molecular formula is C22H21N3O5. The molecule has 3 rings (SSSR count). The van der Waals surface area contributed by atoms with Crippen molar-refractivity contribution in [2.45, 2.75) is 19.9 Å². The number of hydrogen-bond acceptors (Lipinski definition) is 6. The normalized spacial score (nSPS) is 10.5. The summed E-state index contributed by atoms with van der Waals surface area (Å²) < 4.78 is 10.9. The van der Waals surface area contributed by atoms with E-state index in [0.717, 1.165) is 5.56 Å². The van der Waals surface area contributed by atoms with Gasteiger partial charge in [0, 0.05) is 11.6 Å². The topological polar surface area (TPSA) is 111 Å². The van der Waals surface area contributed by atoms with Crippen LogP contribution in [0.4, 0.5) is 4.79 Å². The molecular weight excluding hydrogens is 386 g/mol. The second-order valence-electron chi connectivity index (χ2n) is 6.69. The van der Waals surface area contributed by atoms with Crippen molar-refractivity contribution in [1.29, 1.82) is 0 Å². The summed E-state index contributed by atoms with van der Waals surface area (Å²) in [6, 6.07) is 15.3. The lowest BCUT2D eigenvalue weighted by atomic mass is 10.1. The molecule has 2 N–H and O–H groups in total. The molecule has 0 fully saturated rings. The molecule has 2 aromatic carbocycles. The van der Waals surface area contributed by atoms with Crippen LogP contribution in [0.25, 0.3) is 22.8 Å². The first-order chi connectivity index (χ1) is 14.4. The fourth-order valence-electron chi connectivity index (χ4n) is 2.65. The number of benzene rings is 2. The molecule has 0 saturated heterocycles. The maximum Gasteiger partial charge on any atom is 0.339 e. The summed E-state index contributed by atoms with van der Waals surface area (Å²) in [4.78, 5) is 40.1. The van der Waals surface area contributed by atoms with E-state index in [-0.39, 0.29) is 17.5 Å². The van der Waals surface area contributed by atoms with Crippen molar-refractivity contribution in [2.24, 2.45) is 0 Å². The van der Waals surface area contributed by atoms with Crippen molar-refractivity contribution in [1.82, 2.24) is 15.6 Å². The van der Waals surface area contributed by atoms with Gasteiger partial charge >= 0.3 is 12.0 Å². The number of rotatable bonds is 6. The van der Waals surface area contributed by atoms with E-state index in [0.29, 0.717) is 11.3 Å². The molecule has 0 aliphatic carbocycles. The molecule has 0 aliphatic heterocycles. The van der Waals surface area contributed by atoms with Gasteiger partial charge in [-0.2, -0.15) is 0 Å². The van der Waals surface area contributed by atoms with Crippen LogP contribution in [0.15, 0.2) is 65.2 Å². The number of nitrogens with zero attached hydrogens (tertiary/aromatic N) is 1. The number of carbonyl (C=O) groups excluding carboxylic acids is 3. The van der Waals surface area contributed by atoms with E-state index in [1.165, 1.54) is 0 Å². The Morgan fingerprint density at radius 3 is 2.47 bits per heavy atom. The first-order valence-corrected chi connectivity index (χ1v) is 9.32. The number of imide groups is 1. The SMILES string of the molecule is CC(C)NC(=O)NC(=O)COC(=O)c1ccccc1-c1ncc(-c2ccccc2)o1. The van der Waals surface area contributed by atoms with Crippen molar-refractivity contribution in [3.05, 3.63) is 66.4 Å². The fraction of sp³-hybridized carbons (Fsp3) is 0.182. The number of nitrogens with one attached hydrogen (secondary N) is 2. The van der Waals surface area contributed by atoms with E-state index in [2.05, 4.69) is 15.6 Å². The third kappa shape index (κ3) is 5.32. The number of esters is 1. The minimum absolute atomic E-state index is 0.131. The van der Waals surface area contributed by atoms with Crippen LogP contribution in [0.3, 0.4) is 0 Å². The highest BCUT2D eigenvalue weighted by molar-refractivity contribution is 5.99. The summed E-state index contributed by atoms with van der Waals surface area (Å²) in [5, 5.41) is 4.60. The van der Waals surface area contributed by atoms with Gasteiger partial charge in [-0.15, -0.1) is 0 Å². The predicted octanol–water partition coefficient (Wildman–Crippen LogP) is 3.40. The molecule has 1 heterocycles. The molecule has 1 aromatic heterocycles. The largest absolute Gasteiger partial charge is 0.452 e. The Morgan fingerprint density at radius 2 is 1.73 bits per heavy atom. The van der Waals surface area contributed by atoms with Crippen LogP contribution in [0.5, 0.6) is 0 Å². The summed E-state index contributed by atoms with van der Waals surface area (Å²) >= 11 is 0. The zero-order chi connectivity index (χ0) is 21.5. The number of aromatic nitrogens is 1. The number of urea groups is 1. The Bertz CT molecular complexity index is 1040. The van der Waals surface area contributed by atoms with Gasteiger partial charge in [0.25, 0.3) is 5.91 Å². The lowest BCUT2D eigenvalue weighted by molar-refractivity contribution is -0.123. The van der Waals surface area contributed by atoms with Gasteiger partial charge in [-0.25, -0.2) is 14.6 Å². The Kier molecular flexibility index (Phi) is 6.59. The molecule has 8 nitrogen and oxygen atoms in total. The van der Waals surface area contributed by atoms with Gasteiger partial charge in [0.1, 0.15) is 0 Å². The highest BCUT2D eigenvalue weighted by Gasteiger charge is 2.19. The molecule has 30 heavy (non-hydrogen) atoms. The predicted molar refractivity (Wildman–Crippen MR) is 109 cm³/mol. The van der Waals surface area contributed by atoms with Crippen LogP contribution in [-0.2, 0) is 9.53 Å². The summed E-state index contributed by atoms with van der Waals surface area (Å²) in [5.74, 6) is -0.655. The molecule has 0 bridgehead atoms. The molecule has 0 unspecified atom stereocenters. The molecule has 8 heteroatoms. The molecule has 0 aliphatic rings. The summed E-state index contributed by atoms with van der Waals surface area (Å²) in [5.41, 5.74) is 1.48. The van der Waals surface area contributed by atoms with E-state index in [4.69, 9.17) is 9.15 Å². The average Bonchev–Trinajstić information content (AvgIpc) is 3.22. The zero-order valence-corrected chi connectivity index (χ0v) is 16.5. The van der Waals surface area contributed by atoms with Gasteiger partial charge in [0.2, 0.25) is 5.89 Å². The zero-order valence-electron chi connectivity index (χ0n) is 16.5. The first kappa shape index (κ1) is 20.8. The summed E-state index contributed by atoms with van der Waals surface area (Å²) in [6.45, 7) is 2.92. The number of oxazole rings is 1. The molecule has 0 atom stereocenters. The Labute approximate surface area is 173 Å². The maximum absolute atomic E-state index is 12.5. The summed E-state index contributed by atoms with van der Waals surface area (Å²) in [7, 11) is 0. The van der Waals surface area contributed by atoms with Gasteiger partial charge in [-0.05, 0) is 26.0 Å². The van der Waals surface area contributed by atoms with Gasteiger partial charge in [0.15, 0.2) is 12.4 Å². The van der Waals surface area contributed by atoms with Crippen molar-refractivity contribution >= 4 is 17.9 Å². The van der Waals surface area contributed by atoms with Crippen LogP contribution in [0, 0.1) is 0 Å². The molecule has 0 saturated carbocycles. The Morgan fingerprint density at radius 1 is 1.03 bits per heavy atom. The Balaban J connectivity index is 1.69. The molecule has 0 spiro atoms. The quantitative estimate of drug-likeness (QED) is 0.606. The van der Waals surface area contributed by atoms with Crippen LogP contribution >= 0.6 is 0 Å². The highest BCUT2D eigenvalue weighted by atomic mass is 16.5. The maximum atomic E-state index is 12.5. The number of carbonyl (C=O) groups is 3. The van der Waals surface area contributed by atoms with Crippen LogP contribution in [0.1, 0.15) is 24.2 Å². The van der Waals surface area contributed by atoms with E-state index < -0.39 is 24.5 Å².